The number of anilines is 1. The summed E-state index contributed by atoms with van der Waals surface area (Å²) in [6, 6.07) is 15.5. The van der Waals surface area contributed by atoms with Crippen LogP contribution in [-0.4, -0.2) is 35.3 Å². The van der Waals surface area contributed by atoms with Gasteiger partial charge in [-0.25, -0.2) is 14.8 Å². The lowest BCUT2D eigenvalue weighted by Crippen LogP contribution is -2.24. The first-order valence-corrected chi connectivity index (χ1v) is 8.65. The molecule has 0 atom stereocenters. The van der Waals surface area contributed by atoms with E-state index in [-0.39, 0.29) is 5.56 Å². The van der Waals surface area contributed by atoms with Crippen LogP contribution in [-0.2, 0) is 13.1 Å². The Hall–Kier alpha value is -3.61. The van der Waals surface area contributed by atoms with Crippen LogP contribution in [0.2, 0.25) is 0 Å². The van der Waals surface area contributed by atoms with E-state index in [1.807, 2.05) is 53.4 Å². The van der Waals surface area contributed by atoms with Crippen LogP contribution in [0.3, 0.4) is 0 Å². The Balaban J connectivity index is 1.85. The van der Waals surface area contributed by atoms with E-state index in [1.54, 1.807) is 14.2 Å². The van der Waals surface area contributed by atoms with Gasteiger partial charge in [-0.3, -0.25) is 0 Å². The van der Waals surface area contributed by atoms with Gasteiger partial charge in [0.05, 0.1) is 19.8 Å². The minimum Gasteiger partial charge on any atom is -0.497 e. The smallest absolute Gasteiger partial charge is 0.338 e. The highest BCUT2D eigenvalue weighted by Gasteiger charge is 2.13. The summed E-state index contributed by atoms with van der Waals surface area (Å²) in [6.07, 6.45) is 2.64. The quantitative estimate of drug-likeness (QED) is 0.642. The number of carboxylic acids is 1. The normalized spacial score (nSPS) is 10.4. The Morgan fingerprint density at radius 1 is 0.857 bits per heavy atom. The molecule has 1 heterocycles. The van der Waals surface area contributed by atoms with Gasteiger partial charge in [0.1, 0.15) is 11.5 Å². The van der Waals surface area contributed by atoms with Gasteiger partial charge in [-0.1, -0.05) is 24.3 Å². The Morgan fingerprint density at radius 2 is 1.29 bits per heavy atom. The Labute approximate surface area is 163 Å². The van der Waals surface area contributed by atoms with Crippen molar-refractivity contribution in [3.8, 4) is 11.5 Å². The molecule has 1 N–H and O–H groups in total. The number of methoxy groups -OCH3 is 2. The summed E-state index contributed by atoms with van der Waals surface area (Å²) in [5.74, 6) is 0.972. The molecule has 7 heteroatoms. The lowest BCUT2D eigenvalue weighted by molar-refractivity contribution is 0.0696. The monoisotopic (exact) mass is 379 g/mol. The van der Waals surface area contributed by atoms with Crippen molar-refractivity contribution in [3.63, 3.8) is 0 Å². The zero-order valence-electron chi connectivity index (χ0n) is 15.7. The number of aromatic carboxylic acids is 1. The molecule has 0 bridgehead atoms. The van der Waals surface area contributed by atoms with E-state index in [0.29, 0.717) is 19.0 Å². The average Bonchev–Trinajstić information content (AvgIpc) is 2.74. The Bertz CT molecular complexity index is 860. The number of carboxylic acid groups (broad SMARTS) is 1. The minimum absolute atomic E-state index is 0.0533. The van der Waals surface area contributed by atoms with Gasteiger partial charge in [0.2, 0.25) is 5.95 Å². The van der Waals surface area contributed by atoms with Crippen molar-refractivity contribution < 1.29 is 19.4 Å². The molecule has 28 heavy (non-hydrogen) atoms. The molecule has 144 valence electrons. The fourth-order valence-corrected chi connectivity index (χ4v) is 2.69. The molecule has 0 unspecified atom stereocenters. The number of hydrogen-bond donors (Lipinski definition) is 1. The summed E-state index contributed by atoms with van der Waals surface area (Å²) in [6.45, 7) is 1.12. The maximum absolute atomic E-state index is 11.1. The van der Waals surface area contributed by atoms with Gasteiger partial charge in [-0.2, -0.15) is 0 Å². The maximum Gasteiger partial charge on any atom is 0.338 e. The Kier molecular flexibility index (Phi) is 6.06. The topological polar surface area (TPSA) is 84.8 Å². The molecule has 0 saturated carbocycles. The third kappa shape index (κ3) is 4.76. The molecule has 0 aliphatic heterocycles. The first-order chi connectivity index (χ1) is 13.6. The standard InChI is InChI=1S/C21H21N3O4/c1-27-18-7-3-15(4-8-18)13-24(14-16-5-9-19(28-2)10-6-16)21-22-11-17(12-23-21)20(25)26/h3-12H,13-14H2,1-2H3,(H,25,26). The van der Waals surface area contributed by atoms with Crippen LogP contribution >= 0.6 is 0 Å². The van der Waals surface area contributed by atoms with Gasteiger partial charge >= 0.3 is 5.97 Å². The van der Waals surface area contributed by atoms with E-state index >= 15 is 0 Å². The zero-order chi connectivity index (χ0) is 19.9. The van der Waals surface area contributed by atoms with Crippen molar-refractivity contribution in [2.75, 3.05) is 19.1 Å². The van der Waals surface area contributed by atoms with Crippen LogP contribution in [0.25, 0.3) is 0 Å². The molecule has 3 aromatic rings. The summed E-state index contributed by atoms with van der Waals surface area (Å²) in [5.41, 5.74) is 2.16. The van der Waals surface area contributed by atoms with Crippen molar-refractivity contribution in [1.82, 2.24) is 9.97 Å². The van der Waals surface area contributed by atoms with Gasteiger partial charge in [0, 0.05) is 25.5 Å². The van der Waals surface area contributed by atoms with E-state index in [0.717, 1.165) is 22.6 Å². The summed E-state index contributed by atoms with van der Waals surface area (Å²) >= 11 is 0. The van der Waals surface area contributed by atoms with Crippen LogP contribution in [0.1, 0.15) is 21.5 Å². The van der Waals surface area contributed by atoms with E-state index in [4.69, 9.17) is 14.6 Å². The number of nitrogens with zero attached hydrogens (tertiary/aromatic N) is 3. The molecule has 0 saturated heterocycles. The first-order valence-electron chi connectivity index (χ1n) is 8.65. The highest BCUT2D eigenvalue weighted by atomic mass is 16.5. The van der Waals surface area contributed by atoms with Crippen LogP contribution in [0.5, 0.6) is 11.5 Å². The van der Waals surface area contributed by atoms with E-state index < -0.39 is 5.97 Å². The predicted octanol–water partition coefficient (Wildman–Crippen LogP) is 3.40. The maximum atomic E-state index is 11.1. The molecule has 0 radical (unpaired) electrons. The largest absolute Gasteiger partial charge is 0.497 e. The van der Waals surface area contributed by atoms with Crippen molar-refractivity contribution >= 4 is 11.9 Å². The summed E-state index contributed by atoms with van der Waals surface area (Å²) in [5, 5.41) is 9.07. The van der Waals surface area contributed by atoms with E-state index in [9.17, 15) is 4.79 Å². The second-order valence-electron chi connectivity index (χ2n) is 6.13. The molecule has 7 nitrogen and oxygen atoms in total. The van der Waals surface area contributed by atoms with Crippen LogP contribution < -0.4 is 14.4 Å². The second-order valence-corrected chi connectivity index (χ2v) is 6.13. The van der Waals surface area contributed by atoms with Crippen LogP contribution in [0.15, 0.2) is 60.9 Å². The number of rotatable bonds is 8. The van der Waals surface area contributed by atoms with Gasteiger partial charge < -0.3 is 19.5 Å². The molecule has 1 aromatic heterocycles. The molecule has 0 aliphatic rings. The SMILES string of the molecule is COc1ccc(CN(Cc2ccc(OC)cc2)c2ncc(C(=O)O)cn2)cc1. The highest BCUT2D eigenvalue weighted by molar-refractivity contribution is 5.86. The molecule has 2 aromatic carbocycles. The third-order valence-electron chi connectivity index (χ3n) is 4.23. The summed E-state index contributed by atoms with van der Waals surface area (Å²) < 4.78 is 10.4. The van der Waals surface area contributed by atoms with Gasteiger partial charge in [0.15, 0.2) is 0 Å². The zero-order valence-corrected chi connectivity index (χ0v) is 15.7. The van der Waals surface area contributed by atoms with E-state index in [2.05, 4.69) is 9.97 Å². The number of hydrogen-bond acceptors (Lipinski definition) is 6. The number of ether oxygens (including phenoxy) is 2. The fraction of sp³-hybridized carbons (Fsp3) is 0.190. The number of carbonyl (C=O) groups is 1. The van der Waals surface area contributed by atoms with E-state index in [1.165, 1.54) is 12.4 Å². The highest BCUT2D eigenvalue weighted by Crippen LogP contribution is 2.20. The third-order valence-corrected chi connectivity index (χ3v) is 4.23. The van der Waals surface area contributed by atoms with Gasteiger partial charge in [0.25, 0.3) is 0 Å². The van der Waals surface area contributed by atoms with Gasteiger partial charge in [-0.05, 0) is 35.4 Å². The number of benzene rings is 2. The molecule has 0 fully saturated rings. The molecule has 0 amide bonds. The van der Waals surface area contributed by atoms with Crippen LogP contribution in [0.4, 0.5) is 5.95 Å². The van der Waals surface area contributed by atoms with Crippen molar-refractivity contribution in [1.29, 1.82) is 0 Å². The molecule has 0 spiro atoms. The molecular formula is C21H21N3O4. The molecule has 0 aliphatic carbocycles. The first kappa shape index (κ1) is 19.2. The summed E-state index contributed by atoms with van der Waals surface area (Å²) in [4.78, 5) is 21.5. The fourth-order valence-electron chi connectivity index (χ4n) is 2.69. The van der Waals surface area contributed by atoms with Crippen molar-refractivity contribution in [2.45, 2.75) is 13.1 Å². The van der Waals surface area contributed by atoms with Crippen LogP contribution in [0, 0.1) is 0 Å². The predicted molar refractivity (Wildman–Crippen MR) is 105 cm³/mol. The number of aromatic nitrogens is 2. The Morgan fingerprint density at radius 3 is 1.64 bits per heavy atom. The molecular weight excluding hydrogens is 358 g/mol. The average molecular weight is 379 g/mol. The molecule has 3 rings (SSSR count). The van der Waals surface area contributed by atoms with Gasteiger partial charge in [-0.15, -0.1) is 0 Å². The minimum atomic E-state index is -1.05. The van der Waals surface area contributed by atoms with Crippen molar-refractivity contribution in [3.05, 3.63) is 77.6 Å². The lowest BCUT2D eigenvalue weighted by Gasteiger charge is -2.23. The second kappa shape index (κ2) is 8.85. The summed E-state index contributed by atoms with van der Waals surface area (Å²) in [7, 11) is 3.26. The van der Waals surface area contributed by atoms with Crippen molar-refractivity contribution in [2.24, 2.45) is 0 Å². The lowest BCUT2D eigenvalue weighted by atomic mass is 10.1.